The molecule has 0 heterocycles. The van der Waals surface area contributed by atoms with E-state index in [-0.39, 0.29) is 5.60 Å². The molecule has 0 aliphatic rings. The summed E-state index contributed by atoms with van der Waals surface area (Å²) in [5.41, 5.74) is -0.108. The Morgan fingerprint density at radius 3 is 2.46 bits per heavy atom. The van der Waals surface area contributed by atoms with E-state index in [0.29, 0.717) is 12.7 Å². The van der Waals surface area contributed by atoms with Crippen molar-refractivity contribution in [3.8, 4) is 0 Å². The summed E-state index contributed by atoms with van der Waals surface area (Å²) in [5.74, 6) is 0. The SMILES string of the molecule is C=CCOC(C)(C)CCOC(C)C. The maximum atomic E-state index is 5.56. The molecule has 0 radical (unpaired) electrons. The second-order valence-corrected chi connectivity index (χ2v) is 4.03. The Kier molecular flexibility index (Phi) is 6.00. The monoisotopic (exact) mass is 186 g/mol. The first-order chi connectivity index (χ1) is 5.98. The van der Waals surface area contributed by atoms with E-state index in [1.807, 2.05) is 13.8 Å². The second-order valence-electron chi connectivity index (χ2n) is 4.03. The molecule has 0 aliphatic carbocycles. The lowest BCUT2D eigenvalue weighted by Gasteiger charge is -2.24. The molecule has 0 saturated heterocycles. The summed E-state index contributed by atoms with van der Waals surface area (Å²) in [6, 6.07) is 0. The van der Waals surface area contributed by atoms with E-state index in [1.54, 1.807) is 6.08 Å². The Morgan fingerprint density at radius 2 is 2.00 bits per heavy atom. The minimum Gasteiger partial charge on any atom is -0.379 e. The standard InChI is InChI=1S/C11H22O2/c1-6-8-13-11(4,5)7-9-12-10(2)3/h6,10H,1,7-9H2,2-5H3. The summed E-state index contributed by atoms with van der Waals surface area (Å²) in [5, 5.41) is 0. The van der Waals surface area contributed by atoms with Crippen molar-refractivity contribution < 1.29 is 9.47 Å². The van der Waals surface area contributed by atoms with Crippen molar-refractivity contribution in [1.29, 1.82) is 0 Å². The first-order valence-corrected chi connectivity index (χ1v) is 4.84. The van der Waals surface area contributed by atoms with Crippen LogP contribution < -0.4 is 0 Å². The van der Waals surface area contributed by atoms with Gasteiger partial charge in [0.2, 0.25) is 0 Å². The van der Waals surface area contributed by atoms with Crippen molar-refractivity contribution in [1.82, 2.24) is 0 Å². The zero-order chi connectivity index (χ0) is 10.3. The smallest absolute Gasteiger partial charge is 0.0652 e. The van der Waals surface area contributed by atoms with Crippen LogP contribution in [-0.4, -0.2) is 24.9 Å². The summed E-state index contributed by atoms with van der Waals surface area (Å²) < 4.78 is 11.0. The van der Waals surface area contributed by atoms with Gasteiger partial charge < -0.3 is 9.47 Å². The highest BCUT2D eigenvalue weighted by Crippen LogP contribution is 2.14. The van der Waals surface area contributed by atoms with Gasteiger partial charge in [-0.25, -0.2) is 0 Å². The van der Waals surface area contributed by atoms with E-state index >= 15 is 0 Å². The summed E-state index contributed by atoms with van der Waals surface area (Å²) in [4.78, 5) is 0. The Hall–Kier alpha value is -0.340. The average Bonchev–Trinajstić information content (AvgIpc) is 2.00. The molecular formula is C11H22O2. The third-order valence-electron chi connectivity index (χ3n) is 1.75. The van der Waals surface area contributed by atoms with E-state index in [9.17, 15) is 0 Å². The molecule has 0 atom stereocenters. The molecule has 0 amide bonds. The van der Waals surface area contributed by atoms with Crippen molar-refractivity contribution >= 4 is 0 Å². The molecule has 0 fully saturated rings. The number of ether oxygens (including phenoxy) is 2. The van der Waals surface area contributed by atoms with Gasteiger partial charge in [0.25, 0.3) is 0 Å². The van der Waals surface area contributed by atoms with Crippen molar-refractivity contribution in [3.05, 3.63) is 12.7 Å². The van der Waals surface area contributed by atoms with Crippen LogP contribution in [0, 0.1) is 0 Å². The number of rotatable bonds is 7. The van der Waals surface area contributed by atoms with Crippen LogP contribution in [0.4, 0.5) is 0 Å². The summed E-state index contributed by atoms with van der Waals surface area (Å²) in [6.45, 7) is 13.2. The highest BCUT2D eigenvalue weighted by Gasteiger charge is 2.17. The molecular weight excluding hydrogens is 164 g/mol. The molecule has 0 aromatic carbocycles. The van der Waals surface area contributed by atoms with Crippen LogP contribution in [-0.2, 0) is 9.47 Å². The van der Waals surface area contributed by atoms with Gasteiger partial charge in [-0.15, -0.1) is 6.58 Å². The highest BCUT2D eigenvalue weighted by atomic mass is 16.5. The topological polar surface area (TPSA) is 18.5 Å². The normalized spacial score (nSPS) is 12.1. The molecule has 0 bridgehead atoms. The zero-order valence-electron chi connectivity index (χ0n) is 9.30. The fourth-order valence-electron chi connectivity index (χ4n) is 0.897. The number of hydrogen-bond donors (Lipinski definition) is 0. The van der Waals surface area contributed by atoms with E-state index in [1.165, 1.54) is 0 Å². The lowest BCUT2D eigenvalue weighted by molar-refractivity contribution is -0.0354. The Balaban J connectivity index is 3.55. The molecule has 0 aromatic rings. The minimum atomic E-state index is -0.108. The number of hydrogen-bond acceptors (Lipinski definition) is 2. The van der Waals surface area contributed by atoms with E-state index in [4.69, 9.17) is 9.47 Å². The fraction of sp³-hybridized carbons (Fsp3) is 0.818. The van der Waals surface area contributed by atoms with Crippen LogP contribution in [0.5, 0.6) is 0 Å². The molecule has 0 aromatic heterocycles. The zero-order valence-corrected chi connectivity index (χ0v) is 9.30. The Bertz CT molecular complexity index is 139. The van der Waals surface area contributed by atoms with Crippen LogP contribution in [0.3, 0.4) is 0 Å². The highest BCUT2D eigenvalue weighted by molar-refractivity contribution is 4.72. The van der Waals surface area contributed by atoms with Gasteiger partial charge in [0.1, 0.15) is 0 Å². The van der Waals surface area contributed by atoms with Gasteiger partial charge in [-0.2, -0.15) is 0 Å². The largest absolute Gasteiger partial charge is 0.379 e. The molecule has 0 N–H and O–H groups in total. The predicted molar refractivity (Wildman–Crippen MR) is 55.9 cm³/mol. The van der Waals surface area contributed by atoms with Gasteiger partial charge in [-0.1, -0.05) is 6.08 Å². The Morgan fingerprint density at radius 1 is 1.38 bits per heavy atom. The van der Waals surface area contributed by atoms with Gasteiger partial charge in [0.05, 0.1) is 18.3 Å². The lowest BCUT2D eigenvalue weighted by atomic mass is 10.1. The fourth-order valence-corrected chi connectivity index (χ4v) is 0.897. The van der Waals surface area contributed by atoms with Crippen molar-refractivity contribution in [2.24, 2.45) is 0 Å². The van der Waals surface area contributed by atoms with Gasteiger partial charge in [0.15, 0.2) is 0 Å². The van der Waals surface area contributed by atoms with Crippen molar-refractivity contribution in [2.75, 3.05) is 13.2 Å². The maximum absolute atomic E-state index is 5.56. The van der Waals surface area contributed by atoms with E-state index in [2.05, 4.69) is 20.4 Å². The van der Waals surface area contributed by atoms with Crippen LogP contribution >= 0.6 is 0 Å². The predicted octanol–water partition coefficient (Wildman–Crippen LogP) is 2.78. The molecule has 78 valence electrons. The minimum absolute atomic E-state index is 0.108. The molecule has 0 saturated carbocycles. The molecule has 0 rings (SSSR count). The third-order valence-corrected chi connectivity index (χ3v) is 1.75. The quantitative estimate of drug-likeness (QED) is 0.569. The van der Waals surface area contributed by atoms with Gasteiger partial charge in [-0.05, 0) is 34.1 Å². The van der Waals surface area contributed by atoms with Crippen LogP contribution in [0.25, 0.3) is 0 Å². The summed E-state index contributed by atoms with van der Waals surface area (Å²) in [7, 11) is 0. The molecule has 0 spiro atoms. The third kappa shape index (κ3) is 8.00. The summed E-state index contributed by atoms with van der Waals surface area (Å²) >= 11 is 0. The van der Waals surface area contributed by atoms with Crippen LogP contribution in [0.1, 0.15) is 34.1 Å². The Labute approximate surface area is 81.9 Å². The molecule has 0 aliphatic heterocycles. The molecule has 2 nitrogen and oxygen atoms in total. The van der Waals surface area contributed by atoms with Crippen LogP contribution in [0.15, 0.2) is 12.7 Å². The van der Waals surface area contributed by atoms with Gasteiger partial charge in [0, 0.05) is 6.61 Å². The second kappa shape index (κ2) is 6.17. The first kappa shape index (κ1) is 12.7. The van der Waals surface area contributed by atoms with Gasteiger partial charge >= 0.3 is 0 Å². The lowest BCUT2D eigenvalue weighted by Crippen LogP contribution is -2.27. The first-order valence-electron chi connectivity index (χ1n) is 4.84. The van der Waals surface area contributed by atoms with E-state index in [0.717, 1.165) is 13.0 Å². The van der Waals surface area contributed by atoms with Crippen LogP contribution in [0.2, 0.25) is 0 Å². The molecule has 13 heavy (non-hydrogen) atoms. The van der Waals surface area contributed by atoms with Crippen molar-refractivity contribution in [3.63, 3.8) is 0 Å². The average molecular weight is 186 g/mol. The van der Waals surface area contributed by atoms with Crippen molar-refractivity contribution in [2.45, 2.75) is 45.8 Å². The molecule has 0 unspecified atom stereocenters. The summed E-state index contributed by atoms with van der Waals surface area (Å²) in [6.07, 6.45) is 2.99. The van der Waals surface area contributed by atoms with Gasteiger partial charge in [-0.3, -0.25) is 0 Å². The maximum Gasteiger partial charge on any atom is 0.0652 e. The molecule has 2 heteroatoms. The van der Waals surface area contributed by atoms with E-state index < -0.39 is 0 Å².